The van der Waals surface area contributed by atoms with E-state index in [4.69, 9.17) is 9.47 Å². The number of esters is 1. The van der Waals surface area contributed by atoms with Gasteiger partial charge >= 0.3 is 5.97 Å². The zero-order chi connectivity index (χ0) is 18.4. The largest absolute Gasteiger partial charge is 0.495 e. The molecule has 0 bridgehead atoms. The molecule has 2 heterocycles. The number of carbonyl (C=O) groups excluding carboxylic acids is 2. The summed E-state index contributed by atoms with van der Waals surface area (Å²) in [5, 5.41) is 0. The number of benzene rings is 1. The minimum absolute atomic E-state index is 0.193. The maximum Gasteiger partial charge on any atom is 0.340 e. The topological polar surface area (TPSA) is 72.0 Å². The molecule has 136 valence electrons. The van der Waals surface area contributed by atoms with Gasteiger partial charge in [0.2, 0.25) is 0 Å². The molecule has 1 aliphatic rings. The third-order valence-corrected chi connectivity index (χ3v) is 4.28. The van der Waals surface area contributed by atoms with Crippen LogP contribution in [0.15, 0.2) is 48.8 Å². The highest BCUT2D eigenvalue weighted by atomic mass is 16.5. The summed E-state index contributed by atoms with van der Waals surface area (Å²) in [6.45, 7) is 2.27. The number of ether oxygens (including phenoxy) is 2. The van der Waals surface area contributed by atoms with Crippen molar-refractivity contribution >= 4 is 17.6 Å². The lowest BCUT2D eigenvalue weighted by atomic mass is 10.2. The van der Waals surface area contributed by atoms with Crippen LogP contribution in [0.3, 0.4) is 0 Å². The van der Waals surface area contributed by atoms with E-state index in [2.05, 4.69) is 9.88 Å². The molecule has 0 unspecified atom stereocenters. The number of nitrogens with zero attached hydrogens (tertiary/aromatic N) is 3. The number of aromatic nitrogens is 1. The van der Waals surface area contributed by atoms with Crippen molar-refractivity contribution in [1.82, 2.24) is 9.88 Å². The molecule has 1 saturated heterocycles. The number of methoxy groups -OCH3 is 1. The third kappa shape index (κ3) is 4.11. The van der Waals surface area contributed by atoms with E-state index in [1.54, 1.807) is 30.3 Å². The number of piperazine rings is 1. The van der Waals surface area contributed by atoms with E-state index in [1.807, 2.05) is 24.3 Å². The Kier molecular flexibility index (Phi) is 5.68. The summed E-state index contributed by atoms with van der Waals surface area (Å²) in [6, 6.07) is 11.1. The molecule has 0 N–H and O–H groups in total. The molecule has 0 spiro atoms. The van der Waals surface area contributed by atoms with Gasteiger partial charge in [0.15, 0.2) is 6.61 Å². The Bertz CT molecular complexity index is 758. The zero-order valence-corrected chi connectivity index (χ0v) is 14.6. The van der Waals surface area contributed by atoms with Crippen molar-refractivity contribution in [1.29, 1.82) is 0 Å². The van der Waals surface area contributed by atoms with Gasteiger partial charge in [-0.2, -0.15) is 0 Å². The number of anilines is 1. The number of amides is 1. The van der Waals surface area contributed by atoms with Crippen LogP contribution in [0.5, 0.6) is 5.75 Å². The molecule has 1 aromatic carbocycles. The summed E-state index contributed by atoms with van der Waals surface area (Å²) in [5.41, 5.74) is 1.35. The fourth-order valence-electron chi connectivity index (χ4n) is 2.87. The normalized spacial score (nSPS) is 14.0. The molecule has 1 aliphatic heterocycles. The second-order valence-electron chi connectivity index (χ2n) is 5.86. The molecule has 1 aromatic heterocycles. The maximum atomic E-state index is 12.3. The van der Waals surface area contributed by atoms with Gasteiger partial charge in [-0.25, -0.2) is 4.79 Å². The van der Waals surface area contributed by atoms with Crippen LogP contribution in [0.25, 0.3) is 0 Å². The fourth-order valence-corrected chi connectivity index (χ4v) is 2.87. The Hall–Kier alpha value is -3.09. The minimum Gasteiger partial charge on any atom is -0.495 e. The Balaban J connectivity index is 1.50. The highest BCUT2D eigenvalue weighted by Gasteiger charge is 2.23. The predicted molar refractivity (Wildman–Crippen MR) is 96.3 cm³/mol. The molecule has 26 heavy (non-hydrogen) atoms. The monoisotopic (exact) mass is 355 g/mol. The van der Waals surface area contributed by atoms with E-state index in [0.29, 0.717) is 31.7 Å². The quantitative estimate of drug-likeness (QED) is 0.759. The zero-order valence-electron chi connectivity index (χ0n) is 14.6. The molecule has 0 saturated carbocycles. The van der Waals surface area contributed by atoms with E-state index >= 15 is 0 Å². The summed E-state index contributed by atoms with van der Waals surface area (Å²) in [6.07, 6.45) is 2.99. The number of para-hydroxylation sites is 2. The molecule has 1 fully saturated rings. The van der Waals surface area contributed by atoms with Gasteiger partial charge in [0.05, 0.1) is 18.4 Å². The molecule has 0 atom stereocenters. The average Bonchev–Trinajstić information content (AvgIpc) is 2.72. The highest BCUT2D eigenvalue weighted by molar-refractivity contribution is 5.91. The first kappa shape index (κ1) is 17.7. The van der Waals surface area contributed by atoms with E-state index < -0.39 is 5.97 Å². The first-order valence-corrected chi connectivity index (χ1v) is 8.42. The maximum absolute atomic E-state index is 12.3. The first-order valence-electron chi connectivity index (χ1n) is 8.42. The average molecular weight is 355 g/mol. The van der Waals surface area contributed by atoms with Crippen molar-refractivity contribution in [3.63, 3.8) is 0 Å². The van der Waals surface area contributed by atoms with E-state index in [-0.39, 0.29) is 12.5 Å². The summed E-state index contributed by atoms with van der Waals surface area (Å²) >= 11 is 0. The van der Waals surface area contributed by atoms with Crippen LogP contribution in [-0.4, -0.2) is 61.7 Å². The number of carbonyl (C=O) groups is 2. The van der Waals surface area contributed by atoms with Crippen molar-refractivity contribution in [2.75, 3.05) is 44.8 Å². The molecule has 2 aromatic rings. The Labute approximate surface area is 152 Å². The van der Waals surface area contributed by atoms with Crippen LogP contribution in [0.4, 0.5) is 5.69 Å². The number of pyridine rings is 1. The van der Waals surface area contributed by atoms with Gasteiger partial charge < -0.3 is 19.3 Å². The summed E-state index contributed by atoms with van der Waals surface area (Å²) in [4.78, 5) is 31.9. The smallest absolute Gasteiger partial charge is 0.340 e. The van der Waals surface area contributed by atoms with Crippen LogP contribution in [0, 0.1) is 0 Å². The van der Waals surface area contributed by atoms with Crippen molar-refractivity contribution in [3.8, 4) is 5.75 Å². The Morgan fingerprint density at radius 2 is 1.85 bits per heavy atom. The Morgan fingerprint density at radius 1 is 1.08 bits per heavy atom. The van der Waals surface area contributed by atoms with Gasteiger partial charge in [0.25, 0.3) is 5.91 Å². The van der Waals surface area contributed by atoms with Crippen LogP contribution in [0.1, 0.15) is 10.4 Å². The minimum atomic E-state index is -0.542. The van der Waals surface area contributed by atoms with Crippen molar-refractivity contribution in [2.24, 2.45) is 0 Å². The number of rotatable bonds is 5. The van der Waals surface area contributed by atoms with Crippen molar-refractivity contribution in [2.45, 2.75) is 0 Å². The molecule has 7 nitrogen and oxygen atoms in total. The highest BCUT2D eigenvalue weighted by Crippen LogP contribution is 2.28. The molecule has 3 rings (SSSR count). The van der Waals surface area contributed by atoms with Crippen molar-refractivity contribution < 1.29 is 19.1 Å². The van der Waals surface area contributed by atoms with E-state index in [0.717, 1.165) is 11.4 Å². The van der Waals surface area contributed by atoms with Gasteiger partial charge in [0, 0.05) is 38.6 Å². The van der Waals surface area contributed by atoms with Crippen LogP contribution >= 0.6 is 0 Å². The molecule has 0 radical (unpaired) electrons. The fraction of sp³-hybridized carbons (Fsp3) is 0.316. The van der Waals surface area contributed by atoms with Crippen LogP contribution in [-0.2, 0) is 9.53 Å². The summed E-state index contributed by atoms with van der Waals surface area (Å²) < 4.78 is 10.5. The first-order chi connectivity index (χ1) is 12.7. The molecule has 1 amide bonds. The number of hydrogen-bond acceptors (Lipinski definition) is 6. The standard InChI is InChI=1S/C19H21N3O4/c1-25-17-7-3-2-6-16(17)21-9-11-22(12-10-21)18(23)14-26-19(24)15-5-4-8-20-13-15/h2-8,13H,9-12,14H2,1H3. The van der Waals surface area contributed by atoms with Crippen LogP contribution < -0.4 is 9.64 Å². The number of hydrogen-bond donors (Lipinski definition) is 0. The summed E-state index contributed by atoms with van der Waals surface area (Å²) in [5.74, 6) is 0.0821. The lowest BCUT2D eigenvalue weighted by Gasteiger charge is -2.36. The SMILES string of the molecule is COc1ccccc1N1CCN(C(=O)COC(=O)c2cccnc2)CC1. The third-order valence-electron chi connectivity index (χ3n) is 4.28. The lowest BCUT2D eigenvalue weighted by molar-refractivity contribution is -0.134. The lowest BCUT2D eigenvalue weighted by Crippen LogP contribution is -2.50. The molecule has 0 aliphatic carbocycles. The second kappa shape index (κ2) is 8.33. The van der Waals surface area contributed by atoms with Gasteiger partial charge in [0.1, 0.15) is 5.75 Å². The van der Waals surface area contributed by atoms with Gasteiger partial charge in [-0.05, 0) is 24.3 Å². The summed E-state index contributed by atoms with van der Waals surface area (Å²) in [7, 11) is 1.65. The van der Waals surface area contributed by atoms with Gasteiger partial charge in [-0.15, -0.1) is 0 Å². The van der Waals surface area contributed by atoms with Crippen molar-refractivity contribution in [3.05, 3.63) is 54.4 Å². The molecular formula is C19H21N3O4. The van der Waals surface area contributed by atoms with Gasteiger partial charge in [-0.3, -0.25) is 9.78 Å². The van der Waals surface area contributed by atoms with Crippen LogP contribution in [0.2, 0.25) is 0 Å². The van der Waals surface area contributed by atoms with E-state index in [1.165, 1.54) is 6.20 Å². The van der Waals surface area contributed by atoms with Gasteiger partial charge in [-0.1, -0.05) is 12.1 Å². The molecular weight excluding hydrogens is 334 g/mol. The Morgan fingerprint density at radius 3 is 2.54 bits per heavy atom. The predicted octanol–water partition coefficient (Wildman–Crippen LogP) is 1.60. The second-order valence-corrected chi connectivity index (χ2v) is 5.86. The molecule has 7 heteroatoms. The van der Waals surface area contributed by atoms with E-state index in [9.17, 15) is 9.59 Å².